The Morgan fingerprint density at radius 3 is 2.43 bits per heavy atom. The minimum absolute atomic E-state index is 0.124. The zero-order valence-corrected chi connectivity index (χ0v) is 9.87. The van der Waals surface area contributed by atoms with E-state index in [1.807, 2.05) is 6.92 Å². The largest absolute Gasteiger partial charge is 0.393 e. The molecular weight excluding hydrogens is 174 g/mol. The highest BCUT2D eigenvalue weighted by atomic mass is 16.3. The lowest BCUT2D eigenvalue weighted by molar-refractivity contribution is 0.174. The molecule has 14 heavy (non-hydrogen) atoms. The SMILES string of the molecule is CC(O)CCCCN(C)C(C)C1CC1. The molecule has 0 aromatic heterocycles. The minimum atomic E-state index is -0.124. The van der Waals surface area contributed by atoms with Gasteiger partial charge in [-0.15, -0.1) is 0 Å². The van der Waals surface area contributed by atoms with Crippen molar-refractivity contribution in [2.75, 3.05) is 13.6 Å². The highest BCUT2D eigenvalue weighted by molar-refractivity contribution is 4.83. The second kappa shape index (κ2) is 5.72. The van der Waals surface area contributed by atoms with Crippen LogP contribution in [0.4, 0.5) is 0 Å². The van der Waals surface area contributed by atoms with Crippen molar-refractivity contribution < 1.29 is 5.11 Å². The molecule has 0 spiro atoms. The fraction of sp³-hybridized carbons (Fsp3) is 1.00. The zero-order valence-electron chi connectivity index (χ0n) is 9.87. The maximum absolute atomic E-state index is 9.11. The zero-order chi connectivity index (χ0) is 10.6. The Labute approximate surface area is 88.3 Å². The Morgan fingerprint density at radius 2 is 1.93 bits per heavy atom. The summed E-state index contributed by atoms with van der Waals surface area (Å²) in [7, 11) is 2.23. The van der Waals surface area contributed by atoms with E-state index in [4.69, 9.17) is 5.11 Å². The van der Waals surface area contributed by atoms with E-state index < -0.39 is 0 Å². The van der Waals surface area contributed by atoms with Crippen LogP contribution in [-0.2, 0) is 0 Å². The molecule has 0 radical (unpaired) electrons. The number of unbranched alkanes of at least 4 members (excludes halogenated alkanes) is 1. The summed E-state index contributed by atoms with van der Waals surface area (Å²) in [5.74, 6) is 0.969. The van der Waals surface area contributed by atoms with Crippen LogP contribution in [-0.4, -0.2) is 35.7 Å². The van der Waals surface area contributed by atoms with Crippen LogP contribution in [0.25, 0.3) is 0 Å². The van der Waals surface area contributed by atoms with E-state index in [9.17, 15) is 0 Å². The first-order valence-electron chi connectivity index (χ1n) is 5.99. The van der Waals surface area contributed by atoms with Gasteiger partial charge >= 0.3 is 0 Å². The second-order valence-electron chi connectivity index (χ2n) is 4.90. The summed E-state index contributed by atoms with van der Waals surface area (Å²) in [5.41, 5.74) is 0. The molecule has 0 saturated heterocycles. The third-order valence-electron chi connectivity index (χ3n) is 3.38. The number of aliphatic hydroxyl groups excluding tert-OH is 1. The molecule has 0 heterocycles. The van der Waals surface area contributed by atoms with Crippen molar-refractivity contribution in [3.63, 3.8) is 0 Å². The van der Waals surface area contributed by atoms with E-state index in [-0.39, 0.29) is 6.10 Å². The standard InChI is InChI=1S/C12H25NO/c1-10(14)6-4-5-9-13(3)11(2)12-7-8-12/h10-12,14H,4-9H2,1-3H3. The van der Waals surface area contributed by atoms with Crippen LogP contribution in [0, 0.1) is 5.92 Å². The number of hydrogen-bond acceptors (Lipinski definition) is 2. The lowest BCUT2D eigenvalue weighted by atomic mass is 10.1. The first-order valence-corrected chi connectivity index (χ1v) is 5.99. The van der Waals surface area contributed by atoms with Crippen molar-refractivity contribution in [1.82, 2.24) is 4.90 Å². The highest BCUT2D eigenvalue weighted by Gasteiger charge is 2.29. The summed E-state index contributed by atoms with van der Waals surface area (Å²) in [4.78, 5) is 2.47. The highest BCUT2D eigenvalue weighted by Crippen LogP contribution is 2.34. The molecule has 84 valence electrons. The first-order chi connectivity index (χ1) is 6.61. The molecule has 1 rings (SSSR count). The van der Waals surface area contributed by atoms with Gasteiger partial charge in [0.15, 0.2) is 0 Å². The molecule has 2 atom stereocenters. The van der Waals surface area contributed by atoms with Crippen LogP contribution < -0.4 is 0 Å². The van der Waals surface area contributed by atoms with Gasteiger partial charge in [0.25, 0.3) is 0 Å². The van der Waals surface area contributed by atoms with Gasteiger partial charge in [0.2, 0.25) is 0 Å². The molecule has 1 N–H and O–H groups in total. The summed E-state index contributed by atoms with van der Waals surface area (Å²) in [6.45, 7) is 5.40. The van der Waals surface area contributed by atoms with Crippen molar-refractivity contribution in [2.24, 2.45) is 5.92 Å². The van der Waals surface area contributed by atoms with Crippen molar-refractivity contribution in [1.29, 1.82) is 0 Å². The summed E-state index contributed by atoms with van der Waals surface area (Å²) in [6.07, 6.45) is 6.06. The predicted octanol–water partition coefficient (Wildman–Crippen LogP) is 2.27. The van der Waals surface area contributed by atoms with E-state index >= 15 is 0 Å². The molecule has 1 aliphatic carbocycles. The Morgan fingerprint density at radius 1 is 1.29 bits per heavy atom. The van der Waals surface area contributed by atoms with Gasteiger partial charge < -0.3 is 10.0 Å². The van der Waals surface area contributed by atoms with E-state index in [1.54, 1.807) is 0 Å². The molecule has 2 nitrogen and oxygen atoms in total. The Bertz CT molecular complexity index is 154. The molecule has 2 heteroatoms. The number of rotatable bonds is 7. The normalized spacial score (nSPS) is 21.2. The molecule has 0 aromatic rings. The smallest absolute Gasteiger partial charge is 0.0512 e. The number of aliphatic hydroxyl groups is 1. The van der Waals surface area contributed by atoms with Gasteiger partial charge in [-0.3, -0.25) is 0 Å². The molecule has 0 bridgehead atoms. The predicted molar refractivity (Wildman–Crippen MR) is 60.3 cm³/mol. The fourth-order valence-electron chi connectivity index (χ4n) is 1.94. The van der Waals surface area contributed by atoms with E-state index in [0.29, 0.717) is 0 Å². The summed E-state index contributed by atoms with van der Waals surface area (Å²) in [5, 5.41) is 9.11. The second-order valence-corrected chi connectivity index (χ2v) is 4.90. The lowest BCUT2D eigenvalue weighted by Crippen LogP contribution is -2.31. The van der Waals surface area contributed by atoms with Gasteiger partial charge in [-0.05, 0) is 65.5 Å². The molecule has 0 aliphatic heterocycles. The molecule has 1 fully saturated rings. The van der Waals surface area contributed by atoms with Crippen LogP contribution in [0.5, 0.6) is 0 Å². The number of nitrogens with zero attached hydrogens (tertiary/aromatic N) is 1. The average Bonchev–Trinajstić information content (AvgIpc) is 2.93. The van der Waals surface area contributed by atoms with E-state index in [2.05, 4.69) is 18.9 Å². The van der Waals surface area contributed by atoms with Crippen LogP contribution in [0.15, 0.2) is 0 Å². The van der Waals surface area contributed by atoms with Crippen molar-refractivity contribution in [3.8, 4) is 0 Å². The lowest BCUT2D eigenvalue weighted by Gasteiger charge is -2.24. The van der Waals surface area contributed by atoms with Gasteiger partial charge in [-0.2, -0.15) is 0 Å². The Balaban J connectivity index is 1.99. The maximum Gasteiger partial charge on any atom is 0.0512 e. The molecule has 1 aliphatic rings. The third kappa shape index (κ3) is 4.43. The average molecular weight is 199 g/mol. The van der Waals surface area contributed by atoms with Crippen LogP contribution in [0.3, 0.4) is 0 Å². The molecule has 0 aromatic carbocycles. The summed E-state index contributed by atoms with van der Waals surface area (Å²) >= 11 is 0. The monoisotopic (exact) mass is 199 g/mol. The van der Waals surface area contributed by atoms with Crippen molar-refractivity contribution >= 4 is 0 Å². The quantitative estimate of drug-likeness (QED) is 0.636. The van der Waals surface area contributed by atoms with Gasteiger partial charge in [-0.25, -0.2) is 0 Å². The van der Waals surface area contributed by atoms with Crippen molar-refractivity contribution in [3.05, 3.63) is 0 Å². The number of hydrogen-bond donors (Lipinski definition) is 1. The molecule has 1 saturated carbocycles. The fourth-order valence-corrected chi connectivity index (χ4v) is 1.94. The first kappa shape index (κ1) is 12.0. The minimum Gasteiger partial charge on any atom is -0.393 e. The van der Waals surface area contributed by atoms with Gasteiger partial charge in [0.05, 0.1) is 6.10 Å². The Kier molecular flexibility index (Phi) is 4.90. The van der Waals surface area contributed by atoms with Gasteiger partial charge in [0.1, 0.15) is 0 Å². The molecular formula is C12H25NO. The van der Waals surface area contributed by atoms with Crippen LogP contribution in [0.1, 0.15) is 46.0 Å². The third-order valence-corrected chi connectivity index (χ3v) is 3.38. The van der Waals surface area contributed by atoms with Gasteiger partial charge in [-0.1, -0.05) is 0 Å². The summed E-state index contributed by atoms with van der Waals surface area (Å²) < 4.78 is 0. The Hall–Kier alpha value is -0.0800. The van der Waals surface area contributed by atoms with E-state index in [0.717, 1.165) is 24.8 Å². The summed E-state index contributed by atoms with van der Waals surface area (Å²) in [6, 6.07) is 0.765. The van der Waals surface area contributed by atoms with Crippen LogP contribution in [0.2, 0.25) is 0 Å². The van der Waals surface area contributed by atoms with Crippen molar-refractivity contribution in [2.45, 2.75) is 58.1 Å². The van der Waals surface area contributed by atoms with E-state index in [1.165, 1.54) is 25.8 Å². The van der Waals surface area contributed by atoms with Gasteiger partial charge in [0, 0.05) is 6.04 Å². The molecule has 0 amide bonds. The topological polar surface area (TPSA) is 23.5 Å². The molecule has 2 unspecified atom stereocenters. The maximum atomic E-state index is 9.11. The van der Waals surface area contributed by atoms with Crippen LogP contribution >= 0.6 is 0 Å².